The molecule has 0 saturated carbocycles. The number of nitrogens with zero attached hydrogens (tertiary/aromatic N) is 2. The first-order chi connectivity index (χ1) is 9.37. The van der Waals surface area contributed by atoms with E-state index in [0.717, 1.165) is 4.31 Å². The van der Waals surface area contributed by atoms with E-state index in [-0.39, 0.29) is 16.5 Å². The van der Waals surface area contributed by atoms with Crippen molar-refractivity contribution in [2.75, 3.05) is 6.54 Å². The van der Waals surface area contributed by atoms with Crippen LogP contribution in [0.25, 0.3) is 0 Å². The largest absolute Gasteiger partial charge is 0.294 e. The average Bonchev–Trinajstić information content (AvgIpc) is 2.38. The number of sulfonamides is 1. The number of imide groups is 1. The first kappa shape index (κ1) is 14.9. The van der Waals surface area contributed by atoms with Crippen LogP contribution in [0.3, 0.4) is 0 Å². The van der Waals surface area contributed by atoms with Gasteiger partial charge in [0.25, 0.3) is 0 Å². The second-order valence-electron chi connectivity index (χ2n) is 4.18. The maximum absolute atomic E-state index is 12.5. The molecule has 0 aromatic carbocycles. The molecular formula is C11H12ClN3O4S. The molecule has 1 aliphatic heterocycles. The predicted octanol–water partition coefficient (Wildman–Crippen LogP) is 0.161. The smallest absolute Gasteiger partial charge is 0.247 e. The molecule has 9 heteroatoms. The van der Waals surface area contributed by atoms with Crippen molar-refractivity contribution in [2.24, 2.45) is 0 Å². The number of nitrogens with one attached hydrogen (secondary N) is 1. The van der Waals surface area contributed by atoms with Gasteiger partial charge in [0.2, 0.25) is 21.8 Å². The summed E-state index contributed by atoms with van der Waals surface area (Å²) >= 11 is 5.79. The number of piperazine rings is 1. The second kappa shape index (κ2) is 5.47. The van der Waals surface area contributed by atoms with Crippen LogP contribution in [-0.2, 0) is 19.6 Å². The molecule has 2 heterocycles. The van der Waals surface area contributed by atoms with Crippen molar-refractivity contribution in [3.05, 3.63) is 23.5 Å². The van der Waals surface area contributed by atoms with Gasteiger partial charge in [0.15, 0.2) is 0 Å². The second-order valence-corrected chi connectivity index (χ2v) is 6.40. The quantitative estimate of drug-likeness (QED) is 0.633. The highest BCUT2D eigenvalue weighted by Gasteiger charge is 2.41. The molecular weight excluding hydrogens is 306 g/mol. The summed E-state index contributed by atoms with van der Waals surface area (Å²) in [6, 6.07) is 1.77. The summed E-state index contributed by atoms with van der Waals surface area (Å²) in [6.45, 7) is 1.24. The fraction of sp³-hybridized carbons (Fsp3) is 0.364. The minimum Gasteiger partial charge on any atom is -0.294 e. The van der Waals surface area contributed by atoms with E-state index < -0.39 is 34.4 Å². The fourth-order valence-corrected chi connectivity index (χ4v) is 4.02. The highest BCUT2D eigenvalue weighted by Crippen LogP contribution is 2.25. The lowest BCUT2D eigenvalue weighted by Gasteiger charge is -2.32. The average molecular weight is 318 g/mol. The van der Waals surface area contributed by atoms with Gasteiger partial charge in [-0.25, -0.2) is 13.4 Å². The molecule has 0 spiro atoms. The Labute approximate surface area is 121 Å². The van der Waals surface area contributed by atoms with Gasteiger partial charge in [0.1, 0.15) is 16.1 Å². The van der Waals surface area contributed by atoms with E-state index in [2.05, 4.69) is 10.3 Å². The van der Waals surface area contributed by atoms with Crippen LogP contribution in [0.1, 0.15) is 13.3 Å². The Morgan fingerprint density at radius 2 is 2.20 bits per heavy atom. The molecule has 108 valence electrons. The molecule has 2 amide bonds. The Bertz CT molecular complexity index is 661. The van der Waals surface area contributed by atoms with Crippen molar-refractivity contribution in [1.82, 2.24) is 14.6 Å². The first-order valence-corrected chi connectivity index (χ1v) is 7.65. The minimum absolute atomic E-state index is 0.194. The Morgan fingerprint density at radius 1 is 1.50 bits per heavy atom. The number of carbonyl (C=O) groups is 2. The number of hydrogen-bond donors (Lipinski definition) is 1. The van der Waals surface area contributed by atoms with E-state index in [4.69, 9.17) is 11.6 Å². The number of rotatable bonds is 3. The van der Waals surface area contributed by atoms with Gasteiger partial charge in [0, 0.05) is 6.20 Å². The molecule has 0 bridgehead atoms. The molecule has 1 N–H and O–H groups in total. The van der Waals surface area contributed by atoms with Crippen LogP contribution in [0.4, 0.5) is 0 Å². The number of amides is 2. The Kier molecular flexibility index (Phi) is 4.07. The molecule has 0 radical (unpaired) electrons. The van der Waals surface area contributed by atoms with Crippen LogP contribution in [-0.4, -0.2) is 42.1 Å². The van der Waals surface area contributed by atoms with Gasteiger partial charge in [-0.05, 0) is 18.6 Å². The van der Waals surface area contributed by atoms with Crippen LogP contribution < -0.4 is 5.32 Å². The Hall–Kier alpha value is -1.51. The summed E-state index contributed by atoms with van der Waals surface area (Å²) in [7, 11) is -4.06. The minimum atomic E-state index is -4.06. The summed E-state index contributed by atoms with van der Waals surface area (Å²) in [5.41, 5.74) is 0. The van der Waals surface area contributed by atoms with Crippen molar-refractivity contribution < 1.29 is 18.0 Å². The van der Waals surface area contributed by atoms with Gasteiger partial charge >= 0.3 is 0 Å². The van der Waals surface area contributed by atoms with Gasteiger partial charge < -0.3 is 0 Å². The summed E-state index contributed by atoms with van der Waals surface area (Å²) in [4.78, 5) is 26.6. The maximum Gasteiger partial charge on any atom is 0.247 e. The van der Waals surface area contributed by atoms with Crippen molar-refractivity contribution in [2.45, 2.75) is 24.3 Å². The number of pyridine rings is 1. The molecule has 20 heavy (non-hydrogen) atoms. The number of hydrogen-bond acceptors (Lipinski definition) is 5. The zero-order valence-electron chi connectivity index (χ0n) is 10.5. The van der Waals surface area contributed by atoms with Crippen LogP contribution in [0.15, 0.2) is 23.2 Å². The lowest BCUT2D eigenvalue weighted by Crippen LogP contribution is -2.59. The molecule has 2 rings (SSSR count). The maximum atomic E-state index is 12.5. The summed E-state index contributed by atoms with van der Waals surface area (Å²) in [5.74, 6) is -1.30. The van der Waals surface area contributed by atoms with Crippen molar-refractivity contribution in [3.63, 3.8) is 0 Å². The first-order valence-electron chi connectivity index (χ1n) is 5.84. The van der Waals surface area contributed by atoms with Gasteiger partial charge in [-0.2, -0.15) is 4.31 Å². The van der Waals surface area contributed by atoms with E-state index >= 15 is 0 Å². The lowest BCUT2D eigenvalue weighted by atomic mass is 10.2. The molecule has 1 fully saturated rings. The Balaban J connectivity index is 2.49. The zero-order chi connectivity index (χ0) is 14.9. The van der Waals surface area contributed by atoms with E-state index in [9.17, 15) is 18.0 Å². The molecule has 1 atom stereocenters. The fourth-order valence-electron chi connectivity index (χ4n) is 1.97. The molecule has 1 aromatic heterocycles. The summed E-state index contributed by atoms with van der Waals surface area (Å²) < 4.78 is 25.9. The molecule has 1 saturated heterocycles. The molecule has 7 nitrogen and oxygen atoms in total. The van der Waals surface area contributed by atoms with E-state index in [1.807, 2.05) is 0 Å². The van der Waals surface area contributed by atoms with Gasteiger partial charge in [-0.1, -0.05) is 18.5 Å². The summed E-state index contributed by atoms with van der Waals surface area (Å²) in [6.07, 6.45) is 1.60. The van der Waals surface area contributed by atoms with Crippen LogP contribution in [0, 0.1) is 0 Å². The van der Waals surface area contributed by atoms with Crippen molar-refractivity contribution in [1.29, 1.82) is 0 Å². The van der Waals surface area contributed by atoms with Crippen LogP contribution in [0.2, 0.25) is 5.15 Å². The standard InChI is InChI=1S/C11H12ClN3O4S/c1-2-7-11(17)14-9(16)6-15(7)20(18,19)8-4-3-5-13-10(8)12/h3-5,7H,2,6H2,1H3,(H,14,16,17). The highest BCUT2D eigenvalue weighted by molar-refractivity contribution is 7.89. The van der Waals surface area contributed by atoms with Gasteiger partial charge in [0.05, 0.1) is 6.54 Å². The zero-order valence-corrected chi connectivity index (χ0v) is 12.1. The third-order valence-corrected chi connectivity index (χ3v) is 5.21. The molecule has 1 aromatic rings. The van der Waals surface area contributed by atoms with E-state index in [1.54, 1.807) is 6.92 Å². The number of halogens is 1. The van der Waals surface area contributed by atoms with E-state index in [0.29, 0.717) is 0 Å². The third-order valence-electron chi connectivity index (χ3n) is 2.91. The van der Waals surface area contributed by atoms with Crippen molar-refractivity contribution in [3.8, 4) is 0 Å². The van der Waals surface area contributed by atoms with Crippen molar-refractivity contribution >= 4 is 33.4 Å². The lowest BCUT2D eigenvalue weighted by molar-refractivity contribution is -0.137. The molecule has 1 unspecified atom stereocenters. The van der Waals surface area contributed by atoms with Gasteiger partial charge in [-0.3, -0.25) is 14.9 Å². The van der Waals surface area contributed by atoms with Gasteiger partial charge in [-0.15, -0.1) is 0 Å². The topological polar surface area (TPSA) is 96.4 Å². The highest BCUT2D eigenvalue weighted by atomic mass is 35.5. The normalized spacial score (nSPS) is 20.8. The number of carbonyl (C=O) groups excluding carboxylic acids is 2. The monoisotopic (exact) mass is 317 g/mol. The SMILES string of the molecule is CCC1C(=O)NC(=O)CN1S(=O)(=O)c1cccnc1Cl. The predicted molar refractivity (Wildman–Crippen MR) is 70.4 cm³/mol. The molecule has 0 aliphatic carbocycles. The van der Waals surface area contributed by atoms with E-state index in [1.165, 1.54) is 18.3 Å². The Morgan fingerprint density at radius 3 is 2.80 bits per heavy atom. The molecule has 1 aliphatic rings. The van der Waals surface area contributed by atoms with Crippen LogP contribution >= 0.6 is 11.6 Å². The summed E-state index contributed by atoms with van der Waals surface area (Å²) in [5, 5.41) is 1.92. The number of aromatic nitrogens is 1. The van der Waals surface area contributed by atoms with Crippen LogP contribution in [0.5, 0.6) is 0 Å². The third kappa shape index (κ3) is 2.54.